The van der Waals surface area contributed by atoms with Crippen molar-refractivity contribution in [2.45, 2.75) is 44.8 Å². The Morgan fingerprint density at radius 3 is 2.43 bits per heavy atom. The molecule has 0 unspecified atom stereocenters. The Hall–Kier alpha value is -2.12. The Morgan fingerprint density at radius 1 is 1.14 bits per heavy atom. The van der Waals surface area contributed by atoms with E-state index in [1.165, 1.54) is 5.56 Å². The van der Waals surface area contributed by atoms with Crippen molar-refractivity contribution in [1.29, 1.82) is 0 Å². The number of amides is 1. The largest absolute Gasteiger partial charge is 0.444 e. The average molecular weight is 448 g/mol. The van der Waals surface area contributed by atoms with E-state index < -0.39 is 5.60 Å². The number of pyridine rings is 1. The molecule has 1 aliphatic rings. The lowest BCUT2D eigenvalue weighted by Crippen LogP contribution is -2.39. The van der Waals surface area contributed by atoms with Crippen molar-refractivity contribution in [3.05, 3.63) is 52.6 Å². The molecule has 150 valence electrons. The summed E-state index contributed by atoms with van der Waals surface area (Å²) in [6, 6.07) is 11.8. The highest BCUT2D eigenvalue weighted by atomic mass is 79.9. The van der Waals surface area contributed by atoms with Gasteiger partial charge in [-0.05, 0) is 73.3 Å². The van der Waals surface area contributed by atoms with E-state index in [4.69, 9.17) is 9.47 Å². The SMILES string of the molecule is CC(C)(C)OC(=O)NCCNC1(c2ccc(Oc3ccc(Br)cn3)cc2)CC1. The zero-order chi connectivity index (χ0) is 20.2. The average Bonchev–Trinajstić information content (AvgIpc) is 3.41. The maximum Gasteiger partial charge on any atom is 0.407 e. The number of benzene rings is 1. The first kappa shape index (κ1) is 20.6. The van der Waals surface area contributed by atoms with E-state index in [1.807, 2.05) is 45.0 Å². The number of carbonyl (C=O) groups is 1. The standard InChI is InChI=1S/C21H26BrN3O3/c1-20(2,3)28-19(26)23-12-13-25-21(10-11-21)15-4-7-17(8-5-15)27-18-9-6-16(22)14-24-18/h4-9,14,25H,10-13H2,1-3H3,(H,23,26). The number of hydrogen-bond donors (Lipinski definition) is 2. The van der Waals surface area contributed by atoms with Gasteiger partial charge >= 0.3 is 6.09 Å². The molecular formula is C21H26BrN3O3. The van der Waals surface area contributed by atoms with Crippen LogP contribution in [0.2, 0.25) is 0 Å². The lowest BCUT2D eigenvalue weighted by atomic mass is 10.0. The van der Waals surface area contributed by atoms with Gasteiger partial charge in [0, 0.05) is 35.4 Å². The minimum atomic E-state index is -0.481. The fourth-order valence-corrected chi connectivity index (χ4v) is 3.09. The lowest BCUT2D eigenvalue weighted by Gasteiger charge is -2.21. The van der Waals surface area contributed by atoms with Crippen molar-refractivity contribution in [1.82, 2.24) is 15.6 Å². The van der Waals surface area contributed by atoms with Gasteiger partial charge in [0.25, 0.3) is 0 Å². The summed E-state index contributed by atoms with van der Waals surface area (Å²) in [5.74, 6) is 1.31. The van der Waals surface area contributed by atoms with E-state index in [0.29, 0.717) is 19.0 Å². The van der Waals surface area contributed by atoms with E-state index in [-0.39, 0.29) is 11.6 Å². The highest BCUT2D eigenvalue weighted by Crippen LogP contribution is 2.45. The fourth-order valence-electron chi connectivity index (χ4n) is 2.86. The monoisotopic (exact) mass is 447 g/mol. The van der Waals surface area contributed by atoms with Crippen LogP contribution in [0.5, 0.6) is 11.6 Å². The maximum absolute atomic E-state index is 11.7. The van der Waals surface area contributed by atoms with Crippen molar-refractivity contribution in [2.75, 3.05) is 13.1 Å². The molecule has 0 aliphatic heterocycles. The van der Waals surface area contributed by atoms with Gasteiger partial charge in [-0.2, -0.15) is 0 Å². The van der Waals surface area contributed by atoms with Gasteiger partial charge in [-0.25, -0.2) is 9.78 Å². The molecule has 2 aromatic rings. The van der Waals surface area contributed by atoms with Crippen LogP contribution in [0.3, 0.4) is 0 Å². The van der Waals surface area contributed by atoms with Gasteiger partial charge in [-0.15, -0.1) is 0 Å². The van der Waals surface area contributed by atoms with Crippen molar-refractivity contribution in [3.63, 3.8) is 0 Å². The van der Waals surface area contributed by atoms with Crippen LogP contribution < -0.4 is 15.4 Å². The number of ether oxygens (including phenoxy) is 2. The van der Waals surface area contributed by atoms with E-state index in [2.05, 4.69) is 43.7 Å². The van der Waals surface area contributed by atoms with Gasteiger partial charge in [0.2, 0.25) is 5.88 Å². The highest BCUT2D eigenvalue weighted by molar-refractivity contribution is 9.10. The molecule has 1 aliphatic carbocycles. The molecule has 1 aromatic carbocycles. The normalized spacial score (nSPS) is 15.0. The number of carbonyl (C=O) groups excluding carboxylic acids is 1. The molecule has 0 radical (unpaired) electrons. The van der Waals surface area contributed by atoms with Gasteiger partial charge in [-0.1, -0.05) is 12.1 Å². The number of rotatable bonds is 7. The minimum Gasteiger partial charge on any atom is -0.444 e. The number of aromatic nitrogens is 1. The third kappa shape index (κ3) is 5.94. The zero-order valence-corrected chi connectivity index (χ0v) is 18.0. The molecule has 1 aromatic heterocycles. The summed E-state index contributed by atoms with van der Waals surface area (Å²) in [6.07, 6.45) is 3.47. The minimum absolute atomic E-state index is 0.00992. The summed E-state index contributed by atoms with van der Waals surface area (Å²) in [7, 11) is 0. The van der Waals surface area contributed by atoms with E-state index >= 15 is 0 Å². The summed E-state index contributed by atoms with van der Waals surface area (Å²) in [6.45, 7) is 6.76. The molecule has 0 atom stereocenters. The number of nitrogens with one attached hydrogen (secondary N) is 2. The second-order valence-corrected chi connectivity index (χ2v) is 8.79. The molecule has 1 saturated carbocycles. The molecule has 0 bridgehead atoms. The van der Waals surface area contributed by atoms with E-state index in [0.717, 1.165) is 23.1 Å². The van der Waals surface area contributed by atoms with Crippen molar-refractivity contribution in [2.24, 2.45) is 0 Å². The van der Waals surface area contributed by atoms with Gasteiger partial charge in [0.15, 0.2) is 0 Å². The summed E-state index contributed by atoms with van der Waals surface area (Å²) >= 11 is 3.36. The Labute approximate surface area is 174 Å². The second kappa shape index (κ2) is 8.49. The summed E-state index contributed by atoms with van der Waals surface area (Å²) in [5, 5.41) is 6.33. The molecule has 7 heteroatoms. The molecule has 2 N–H and O–H groups in total. The molecule has 6 nitrogen and oxygen atoms in total. The molecule has 1 amide bonds. The van der Waals surface area contributed by atoms with Crippen LogP contribution >= 0.6 is 15.9 Å². The molecule has 1 heterocycles. The van der Waals surface area contributed by atoms with Crippen LogP contribution in [0.25, 0.3) is 0 Å². The summed E-state index contributed by atoms with van der Waals surface area (Å²) in [4.78, 5) is 15.9. The van der Waals surface area contributed by atoms with Crippen LogP contribution in [0.1, 0.15) is 39.2 Å². The predicted molar refractivity (Wildman–Crippen MR) is 112 cm³/mol. The predicted octanol–water partition coefficient (Wildman–Crippen LogP) is 4.74. The number of halogens is 1. The third-order valence-electron chi connectivity index (χ3n) is 4.34. The number of alkyl carbamates (subject to hydrolysis) is 1. The van der Waals surface area contributed by atoms with Crippen molar-refractivity contribution in [3.8, 4) is 11.6 Å². The van der Waals surface area contributed by atoms with Crippen LogP contribution in [-0.4, -0.2) is 29.8 Å². The molecule has 28 heavy (non-hydrogen) atoms. The second-order valence-electron chi connectivity index (χ2n) is 7.88. The third-order valence-corrected chi connectivity index (χ3v) is 4.81. The summed E-state index contributed by atoms with van der Waals surface area (Å²) < 4.78 is 11.9. The van der Waals surface area contributed by atoms with E-state index in [1.54, 1.807) is 6.20 Å². The van der Waals surface area contributed by atoms with Gasteiger partial charge < -0.3 is 20.1 Å². The van der Waals surface area contributed by atoms with Gasteiger partial charge in [0.05, 0.1) is 0 Å². The maximum atomic E-state index is 11.7. The fraction of sp³-hybridized carbons (Fsp3) is 0.429. The lowest BCUT2D eigenvalue weighted by molar-refractivity contribution is 0.0527. The number of hydrogen-bond acceptors (Lipinski definition) is 5. The number of nitrogens with zero attached hydrogens (tertiary/aromatic N) is 1. The van der Waals surface area contributed by atoms with Crippen LogP contribution in [0.4, 0.5) is 4.79 Å². The van der Waals surface area contributed by atoms with Crippen LogP contribution in [-0.2, 0) is 10.3 Å². The molecule has 1 fully saturated rings. The Bertz CT molecular complexity index is 797. The van der Waals surface area contributed by atoms with Gasteiger partial charge in [0.1, 0.15) is 11.4 Å². The van der Waals surface area contributed by atoms with Crippen molar-refractivity contribution < 1.29 is 14.3 Å². The van der Waals surface area contributed by atoms with Crippen molar-refractivity contribution >= 4 is 22.0 Å². The Balaban J connectivity index is 1.48. The topological polar surface area (TPSA) is 72.5 Å². The Kier molecular flexibility index (Phi) is 6.25. The van der Waals surface area contributed by atoms with Gasteiger partial charge in [-0.3, -0.25) is 0 Å². The molecule has 0 saturated heterocycles. The van der Waals surface area contributed by atoms with Crippen LogP contribution in [0, 0.1) is 0 Å². The Morgan fingerprint density at radius 2 is 1.86 bits per heavy atom. The first-order valence-electron chi connectivity index (χ1n) is 9.38. The zero-order valence-electron chi connectivity index (χ0n) is 16.4. The summed E-state index contributed by atoms with van der Waals surface area (Å²) in [5.41, 5.74) is 0.732. The molecular weight excluding hydrogens is 422 g/mol. The first-order valence-corrected chi connectivity index (χ1v) is 10.2. The molecule has 0 spiro atoms. The quantitative estimate of drug-likeness (QED) is 0.599. The highest BCUT2D eigenvalue weighted by Gasteiger charge is 2.43. The smallest absolute Gasteiger partial charge is 0.407 e. The van der Waals surface area contributed by atoms with E-state index in [9.17, 15) is 4.79 Å². The first-order chi connectivity index (χ1) is 13.3. The van der Waals surface area contributed by atoms with Crippen LogP contribution in [0.15, 0.2) is 47.1 Å². The molecule has 3 rings (SSSR count).